The summed E-state index contributed by atoms with van der Waals surface area (Å²) in [5.74, 6) is -0.441. The second-order valence-electron chi connectivity index (χ2n) is 6.91. The number of esters is 1. The highest BCUT2D eigenvalue weighted by atomic mass is 16.5. The maximum absolute atomic E-state index is 12.7. The molecule has 0 spiro atoms. The first-order valence-corrected chi connectivity index (χ1v) is 10.1. The normalized spacial score (nSPS) is 11.4. The molecule has 2 rings (SSSR count). The van der Waals surface area contributed by atoms with E-state index in [2.05, 4.69) is 6.07 Å². The first kappa shape index (κ1) is 22.2. The predicted molar refractivity (Wildman–Crippen MR) is 113 cm³/mol. The third kappa shape index (κ3) is 5.92. The van der Waals surface area contributed by atoms with Gasteiger partial charge in [0.05, 0.1) is 18.2 Å². The topological polar surface area (TPSA) is 70.4 Å². The summed E-state index contributed by atoms with van der Waals surface area (Å²) in [6.07, 6.45) is 2.11. The van der Waals surface area contributed by atoms with Crippen molar-refractivity contribution in [2.24, 2.45) is 0 Å². The first-order chi connectivity index (χ1) is 14.0. The van der Waals surface area contributed by atoms with Gasteiger partial charge in [-0.15, -0.1) is 0 Å². The number of amides is 1. The molecule has 0 aromatic heterocycles. The predicted octanol–water partition coefficient (Wildman–Crippen LogP) is 4.70. The van der Waals surface area contributed by atoms with Gasteiger partial charge in [0.25, 0.3) is 0 Å². The van der Waals surface area contributed by atoms with Crippen LogP contribution in [-0.2, 0) is 20.9 Å². The molecule has 0 aliphatic carbocycles. The van der Waals surface area contributed by atoms with Crippen molar-refractivity contribution in [3.8, 4) is 17.2 Å². The maximum Gasteiger partial charge on any atom is 0.328 e. The zero-order chi connectivity index (χ0) is 21.2. The number of hydrogen-bond acceptors (Lipinski definition) is 4. The molecule has 0 aliphatic rings. The minimum Gasteiger partial charge on any atom is -0.464 e. The van der Waals surface area contributed by atoms with Crippen molar-refractivity contribution in [3.05, 3.63) is 59.7 Å². The Morgan fingerprint density at radius 1 is 1.10 bits per heavy atom. The van der Waals surface area contributed by atoms with Crippen LogP contribution in [0.4, 0.5) is 0 Å². The number of nitrogens with zero attached hydrogens (tertiary/aromatic N) is 2. The number of ether oxygens (including phenoxy) is 1. The van der Waals surface area contributed by atoms with Crippen LogP contribution in [0.2, 0.25) is 0 Å². The Balaban J connectivity index is 2.22. The molecule has 0 fully saturated rings. The number of carbonyl (C=O) groups excluding carboxylic acids is 2. The molecular formula is C24H28N2O3. The highest BCUT2D eigenvalue weighted by Gasteiger charge is 2.26. The summed E-state index contributed by atoms with van der Waals surface area (Å²) in [4.78, 5) is 26.5. The van der Waals surface area contributed by atoms with E-state index in [4.69, 9.17) is 4.74 Å². The van der Waals surface area contributed by atoms with Gasteiger partial charge in [-0.2, -0.15) is 5.26 Å². The van der Waals surface area contributed by atoms with Crippen molar-refractivity contribution in [1.82, 2.24) is 4.90 Å². The van der Waals surface area contributed by atoms with E-state index in [-0.39, 0.29) is 12.5 Å². The second-order valence-corrected chi connectivity index (χ2v) is 6.91. The molecule has 0 aliphatic heterocycles. The number of hydrogen-bond donors (Lipinski definition) is 0. The molecule has 0 N–H and O–H groups in total. The summed E-state index contributed by atoms with van der Waals surface area (Å²) in [5, 5.41) is 9.30. The second kappa shape index (κ2) is 11.0. The third-order valence-electron chi connectivity index (χ3n) is 4.83. The van der Waals surface area contributed by atoms with Crippen LogP contribution in [0.3, 0.4) is 0 Å². The summed E-state index contributed by atoms with van der Waals surface area (Å²) in [6, 6.07) is 16.8. The average Bonchev–Trinajstić information content (AvgIpc) is 2.75. The SMILES string of the molecule is CCCCC(=O)N(Cc1ccc(-c2ccccc2C#N)cc1)[C@@H](C)C(=O)OCC. The number of rotatable bonds is 9. The van der Waals surface area contributed by atoms with Gasteiger partial charge in [0.1, 0.15) is 6.04 Å². The van der Waals surface area contributed by atoms with Crippen LogP contribution in [0.15, 0.2) is 48.5 Å². The van der Waals surface area contributed by atoms with Gasteiger partial charge >= 0.3 is 5.97 Å². The van der Waals surface area contributed by atoms with Crippen molar-refractivity contribution in [3.63, 3.8) is 0 Å². The van der Waals surface area contributed by atoms with Crippen molar-refractivity contribution in [1.29, 1.82) is 5.26 Å². The van der Waals surface area contributed by atoms with Gasteiger partial charge in [-0.3, -0.25) is 4.79 Å². The van der Waals surface area contributed by atoms with Crippen molar-refractivity contribution >= 4 is 11.9 Å². The van der Waals surface area contributed by atoms with E-state index >= 15 is 0 Å². The zero-order valence-electron chi connectivity index (χ0n) is 17.4. The standard InChI is InChI=1S/C24H28N2O3/c1-4-6-11-23(27)26(18(3)24(28)29-5-2)17-19-12-14-20(15-13-19)22-10-8-7-9-21(22)16-25/h7-10,12-15,18H,4-6,11,17H2,1-3H3/t18-/m0/s1. The van der Waals surface area contributed by atoms with Gasteiger partial charge < -0.3 is 9.64 Å². The Kier molecular flexibility index (Phi) is 8.42. The molecule has 0 bridgehead atoms. The Morgan fingerprint density at radius 3 is 2.41 bits per heavy atom. The molecule has 0 heterocycles. The molecule has 1 atom stereocenters. The fourth-order valence-corrected chi connectivity index (χ4v) is 3.12. The minimum absolute atomic E-state index is 0.0497. The van der Waals surface area contributed by atoms with Gasteiger partial charge in [0, 0.05) is 13.0 Å². The van der Waals surface area contributed by atoms with Gasteiger partial charge in [-0.05, 0) is 43.0 Å². The molecule has 0 saturated heterocycles. The van der Waals surface area contributed by atoms with E-state index in [1.54, 1.807) is 24.8 Å². The van der Waals surface area contributed by atoms with E-state index < -0.39 is 12.0 Å². The van der Waals surface area contributed by atoms with E-state index in [1.165, 1.54) is 0 Å². The molecule has 2 aromatic carbocycles. The van der Waals surface area contributed by atoms with Crippen LogP contribution in [0.1, 0.15) is 51.2 Å². The lowest BCUT2D eigenvalue weighted by Gasteiger charge is -2.28. The maximum atomic E-state index is 12.7. The van der Waals surface area contributed by atoms with Crippen LogP contribution >= 0.6 is 0 Å². The fraction of sp³-hybridized carbons (Fsp3) is 0.375. The molecule has 0 radical (unpaired) electrons. The molecular weight excluding hydrogens is 364 g/mol. The lowest BCUT2D eigenvalue weighted by Crippen LogP contribution is -2.43. The first-order valence-electron chi connectivity index (χ1n) is 10.1. The number of benzene rings is 2. The van der Waals surface area contributed by atoms with Crippen LogP contribution < -0.4 is 0 Å². The average molecular weight is 392 g/mol. The molecule has 0 saturated carbocycles. The molecule has 1 amide bonds. The van der Waals surface area contributed by atoms with Crippen molar-refractivity contribution in [2.75, 3.05) is 6.61 Å². The van der Waals surface area contributed by atoms with Gasteiger partial charge in [0.2, 0.25) is 5.91 Å². The molecule has 5 nitrogen and oxygen atoms in total. The Labute approximate surface area is 172 Å². The highest BCUT2D eigenvalue weighted by Crippen LogP contribution is 2.24. The Hall–Kier alpha value is -3.13. The summed E-state index contributed by atoms with van der Waals surface area (Å²) in [7, 11) is 0. The smallest absolute Gasteiger partial charge is 0.328 e. The summed E-state index contributed by atoms with van der Waals surface area (Å²) in [5.41, 5.74) is 3.35. The highest BCUT2D eigenvalue weighted by molar-refractivity contribution is 5.84. The lowest BCUT2D eigenvalue weighted by atomic mass is 9.99. The monoisotopic (exact) mass is 392 g/mol. The van der Waals surface area contributed by atoms with Crippen LogP contribution in [0.5, 0.6) is 0 Å². The minimum atomic E-state index is -0.640. The van der Waals surface area contributed by atoms with E-state index in [0.717, 1.165) is 29.5 Å². The Bertz CT molecular complexity index is 868. The third-order valence-corrected chi connectivity index (χ3v) is 4.83. The van der Waals surface area contributed by atoms with Crippen LogP contribution in [-0.4, -0.2) is 29.4 Å². The van der Waals surface area contributed by atoms with Crippen molar-refractivity contribution < 1.29 is 14.3 Å². The largest absolute Gasteiger partial charge is 0.464 e. The molecule has 0 unspecified atom stereocenters. The number of carbonyl (C=O) groups is 2. The van der Waals surface area contributed by atoms with Crippen molar-refractivity contribution in [2.45, 2.75) is 52.6 Å². The molecule has 2 aromatic rings. The van der Waals surface area contributed by atoms with Gasteiger partial charge in [-0.25, -0.2) is 4.79 Å². The summed E-state index contributed by atoms with van der Waals surface area (Å²) >= 11 is 0. The number of unbranched alkanes of at least 4 members (excludes halogenated alkanes) is 1. The van der Waals surface area contributed by atoms with E-state index in [9.17, 15) is 14.9 Å². The van der Waals surface area contributed by atoms with Gasteiger partial charge in [-0.1, -0.05) is 55.8 Å². The Morgan fingerprint density at radius 2 is 1.79 bits per heavy atom. The van der Waals surface area contributed by atoms with Crippen LogP contribution in [0, 0.1) is 11.3 Å². The molecule has 5 heteroatoms. The zero-order valence-corrected chi connectivity index (χ0v) is 17.4. The summed E-state index contributed by atoms with van der Waals surface area (Å²) < 4.78 is 5.12. The lowest BCUT2D eigenvalue weighted by molar-refractivity contribution is -0.154. The van der Waals surface area contributed by atoms with Crippen LogP contribution in [0.25, 0.3) is 11.1 Å². The molecule has 152 valence electrons. The fourth-order valence-electron chi connectivity index (χ4n) is 3.12. The molecule has 29 heavy (non-hydrogen) atoms. The van der Waals surface area contributed by atoms with E-state index in [1.807, 2.05) is 49.4 Å². The van der Waals surface area contributed by atoms with E-state index in [0.29, 0.717) is 18.5 Å². The summed E-state index contributed by atoms with van der Waals surface area (Å²) in [6.45, 7) is 6.12. The quantitative estimate of drug-likeness (QED) is 0.580. The van der Waals surface area contributed by atoms with Gasteiger partial charge in [0.15, 0.2) is 0 Å². The number of nitriles is 1.